The zero-order chi connectivity index (χ0) is 22.5. The van der Waals surface area contributed by atoms with Crippen LogP contribution in [0.15, 0.2) is 47.4 Å². The van der Waals surface area contributed by atoms with Gasteiger partial charge in [0.05, 0.1) is 4.90 Å². The molecule has 5 nitrogen and oxygen atoms in total. The van der Waals surface area contributed by atoms with Crippen LogP contribution in [0.2, 0.25) is 0 Å². The molecule has 0 aliphatic heterocycles. The second-order valence-corrected chi connectivity index (χ2v) is 9.51. The first-order valence-corrected chi connectivity index (χ1v) is 12.9. The zero-order valence-corrected chi connectivity index (χ0v) is 22.3. The summed E-state index contributed by atoms with van der Waals surface area (Å²) in [4.78, 5) is -0.682. The van der Waals surface area contributed by atoms with Crippen molar-refractivity contribution in [2.75, 3.05) is 0 Å². The first-order chi connectivity index (χ1) is 14.9. The van der Waals surface area contributed by atoms with E-state index in [1.807, 2.05) is 24.3 Å². The van der Waals surface area contributed by atoms with Crippen LogP contribution in [0.25, 0.3) is 0 Å². The summed E-state index contributed by atoms with van der Waals surface area (Å²) in [6.07, 6.45) is 15.6. The molecule has 7 heteroatoms. The Bertz CT molecular complexity index is 882. The van der Waals surface area contributed by atoms with Gasteiger partial charge in [-0.1, -0.05) is 95.1 Å². The second-order valence-electron chi connectivity index (χ2n) is 8.12. The number of rotatable bonds is 15. The average molecular weight is 471 g/mol. The average Bonchev–Trinajstić information content (AvgIpc) is 2.74. The maximum Gasteiger partial charge on any atom is 1.00 e. The maximum atomic E-state index is 11.6. The monoisotopic (exact) mass is 470 g/mol. The van der Waals surface area contributed by atoms with Crippen LogP contribution in [-0.4, -0.2) is 13.0 Å². The molecule has 32 heavy (non-hydrogen) atoms. The van der Waals surface area contributed by atoms with E-state index in [0.717, 1.165) is 18.6 Å². The Morgan fingerprint density at radius 3 is 1.81 bits per heavy atom. The molecule has 0 saturated carbocycles. The summed E-state index contributed by atoms with van der Waals surface area (Å²) in [6, 6.07) is 11.1. The molecular weight excluding hydrogens is 435 g/mol. The second kappa shape index (κ2) is 15.7. The van der Waals surface area contributed by atoms with Crippen LogP contribution in [0, 0.1) is 0 Å². The number of hydrogen-bond acceptors (Lipinski definition) is 4. The van der Waals surface area contributed by atoms with Gasteiger partial charge in [0.15, 0.2) is 0 Å². The Hall–Kier alpha value is -1.05. The summed E-state index contributed by atoms with van der Waals surface area (Å²) in [5.74, 6) is -0.0369. The van der Waals surface area contributed by atoms with Gasteiger partial charge in [-0.05, 0) is 36.6 Å². The van der Waals surface area contributed by atoms with Crippen molar-refractivity contribution in [2.45, 2.75) is 88.9 Å². The Balaban J connectivity index is 0.00000512. The molecule has 0 aromatic heterocycles. The van der Waals surface area contributed by atoms with Crippen LogP contribution in [0.1, 0.15) is 83.1 Å². The van der Waals surface area contributed by atoms with E-state index in [9.17, 15) is 13.5 Å². The fourth-order valence-electron chi connectivity index (χ4n) is 3.61. The van der Waals surface area contributed by atoms with Crippen molar-refractivity contribution < 1.29 is 52.4 Å². The molecule has 0 fully saturated rings. The van der Waals surface area contributed by atoms with Gasteiger partial charge < -0.3 is 9.84 Å². The van der Waals surface area contributed by atoms with Crippen LogP contribution in [0.4, 0.5) is 0 Å². The molecule has 2 aromatic carbocycles. The molecular formula is C25H35NaO5S. The van der Waals surface area contributed by atoms with E-state index in [4.69, 9.17) is 9.29 Å². The molecule has 0 radical (unpaired) electrons. The predicted molar refractivity (Wildman–Crippen MR) is 122 cm³/mol. The van der Waals surface area contributed by atoms with Crippen molar-refractivity contribution in [1.29, 1.82) is 0 Å². The summed E-state index contributed by atoms with van der Waals surface area (Å²) in [7, 11) is -4.57. The summed E-state index contributed by atoms with van der Waals surface area (Å²) in [5.41, 5.74) is 1.23. The van der Waals surface area contributed by atoms with Crippen molar-refractivity contribution in [3.05, 3.63) is 48.0 Å². The van der Waals surface area contributed by atoms with Crippen molar-refractivity contribution in [3.63, 3.8) is 0 Å². The Kier molecular flexibility index (Phi) is 14.2. The predicted octanol–water partition coefficient (Wildman–Crippen LogP) is 3.66. The van der Waals surface area contributed by atoms with Gasteiger partial charge >= 0.3 is 29.6 Å². The van der Waals surface area contributed by atoms with Crippen molar-refractivity contribution in [3.8, 4) is 17.2 Å². The molecule has 0 spiro atoms. The minimum Gasteiger partial charge on any atom is -0.872 e. The fourth-order valence-corrected chi connectivity index (χ4v) is 4.19. The van der Waals surface area contributed by atoms with Crippen LogP contribution in [-0.2, 0) is 16.5 Å². The fraction of sp³-hybridized carbons (Fsp3) is 0.520. The number of ether oxygens (including phenoxy) is 1. The quantitative estimate of drug-likeness (QED) is 0.244. The van der Waals surface area contributed by atoms with Crippen LogP contribution >= 0.6 is 0 Å². The molecule has 2 aromatic rings. The Labute approximate surface area is 215 Å². The van der Waals surface area contributed by atoms with Gasteiger partial charge in [-0.3, -0.25) is 4.55 Å². The number of unbranched alkanes of at least 4 members (excludes halogenated alkanes) is 10. The van der Waals surface area contributed by atoms with E-state index in [2.05, 4.69) is 6.92 Å². The molecule has 0 unspecified atom stereocenters. The number of hydrogen-bond donors (Lipinski definition) is 1. The SMILES string of the molecule is CCCCCCCCCCCCCc1ccc(Oc2ccc([O-])c(S(=O)(=O)O)c2)cc1.[Na+]. The first kappa shape index (κ1) is 29.0. The van der Waals surface area contributed by atoms with E-state index in [1.54, 1.807) is 0 Å². The van der Waals surface area contributed by atoms with E-state index in [0.29, 0.717) is 5.75 Å². The molecule has 0 bridgehead atoms. The molecule has 2 rings (SSSR count). The summed E-state index contributed by atoms with van der Waals surface area (Å²) in [5, 5.41) is 11.6. The maximum absolute atomic E-state index is 11.6. The molecule has 1 N–H and O–H groups in total. The van der Waals surface area contributed by atoms with Gasteiger partial charge in [-0.25, -0.2) is 0 Å². The van der Waals surface area contributed by atoms with E-state index in [1.165, 1.54) is 82.3 Å². The third kappa shape index (κ3) is 11.2. The van der Waals surface area contributed by atoms with Gasteiger partial charge in [-0.15, -0.1) is 0 Å². The van der Waals surface area contributed by atoms with Crippen molar-refractivity contribution in [1.82, 2.24) is 0 Å². The smallest absolute Gasteiger partial charge is 0.872 e. The third-order valence-corrected chi connectivity index (χ3v) is 6.30. The van der Waals surface area contributed by atoms with Crippen LogP contribution < -0.4 is 39.4 Å². The van der Waals surface area contributed by atoms with Crippen molar-refractivity contribution >= 4 is 10.1 Å². The van der Waals surface area contributed by atoms with Crippen molar-refractivity contribution in [2.24, 2.45) is 0 Å². The minimum absolute atomic E-state index is 0. The van der Waals surface area contributed by atoms with Gasteiger partial charge in [0.1, 0.15) is 11.5 Å². The largest absolute Gasteiger partial charge is 1.00 e. The third-order valence-electron chi connectivity index (χ3n) is 5.42. The molecule has 0 aliphatic rings. The Morgan fingerprint density at radius 1 is 0.781 bits per heavy atom. The summed E-state index contributed by atoms with van der Waals surface area (Å²) >= 11 is 0. The van der Waals surface area contributed by atoms with Crippen LogP contribution in [0.3, 0.4) is 0 Å². The molecule has 0 aliphatic carbocycles. The normalized spacial score (nSPS) is 11.2. The van der Waals surface area contributed by atoms with Gasteiger partial charge in [0.2, 0.25) is 0 Å². The van der Waals surface area contributed by atoms with E-state index in [-0.39, 0.29) is 35.3 Å². The molecule has 0 atom stereocenters. The summed E-state index contributed by atoms with van der Waals surface area (Å²) in [6.45, 7) is 2.25. The molecule has 0 amide bonds. The van der Waals surface area contributed by atoms with E-state index < -0.39 is 20.8 Å². The van der Waals surface area contributed by atoms with Crippen LogP contribution in [0.5, 0.6) is 17.2 Å². The van der Waals surface area contributed by atoms with E-state index >= 15 is 0 Å². The topological polar surface area (TPSA) is 86.7 Å². The standard InChI is InChI=1S/C25H36O5S.Na/c1-2-3-4-5-6-7-8-9-10-11-12-13-21-14-16-22(17-15-21)30-23-18-19-24(26)25(20-23)31(27,28)29;/h14-20,26H,2-13H2,1H3,(H,27,28,29);/q;+1/p-1. The number of aryl methyl sites for hydroxylation is 1. The van der Waals surface area contributed by atoms with Gasteiger partial charge in [0.25, 0.3) is 10.1 Å². The van der Waals surface area contributed by atoms with Gasteiger partial charge in [0, 0.05) is 6.07 Å². The first-order valence-electron chi connectivity index (χ1n) is 11.5. The Morgan fingerprint density at radius 2 is 1.28 bits per heavy atom. The molecule has 0 heterocycles. The van der Waals surface area contributed by atoms with Gasteiger partial charge in [-0.2, -0.15) is 8.42 Å². The number of benzene rings is 2. The molecule has 172 valence electrons. The summed E-state index contributed by atoms with van der Waals surface area (Å²) < 4.78 is 37.2. The zero-order valence-electron chi connectivity index (χ0n) is 19.5. The molecule has 0 saturated heterocycles. The minimum atomic E-state index is -4.57.